The molecule has 0 saturated carbocycles. The molecule has 2 aromatic rings. The third-order valence-electron chi connectivity index (χ3n) is 1.86. The minimum atomic E-state index is -1.07. The lowest BCUT2D eigenvalue weighted by molar-refractivity contribution is 0.595. The second kappa shape index (κ2) is 4.31. The van der Waals surface area contributed by atoms with Crippen LogP contribution in [0.15, 0.2) is 64.4 Å². The van der Waals surface area contributed by atoms with Crippen LogP contribution in [-0.4, -0.2) is 4.55 Å². The third kappa shape index (κ3) is 1.97. The summed E-state index contributed by atoms with van der Waals surface area (Å²) in [5.74, 6) is 0. The minimum Gasteiger partial charge on any atom is -0.606 e. The molecule has 2 rings (SSSR count). The van der Waals surface area contributed by atoms with Gasteiger partial charge in [-0.25, -0.2) is 0 Å². The van der Waals surface area contributed by atoms with Crippen molar-refractivity contribution in [3.8, 4) is 0 Å². The van der Waals surface area contributed by atoms with Gasteiger partial charge in [0, 0.05) is 11.2 Å². The Kier molecular flexibility index (Phi) is 2.87. The van der Waals surface area contributed by atoms with Crippen LogP contribution in [0.2, 0.25) is 0 Å². The predicted octanol–water partition coefficient (Wildman–Crippen LogP) is 2.65. The molecule has 0 aliphatic heterocycles. The maximum absolute atomic E-state index is 11.9. The molecule has 0 N–H and O–H groups in total. The van der Waals surface area contributed by atoms with Gasteiger partial charge in [0.1, 0.15) is 0 Å². The average molecular weight is 201 g/mol. The van der Waals surface area contributed by atoms with E-state index in [9.17, 15) is 4.55 Å². The maximum atomic E-state index is 11.9. The molecule has 0 fully saturated rings. The van der Waals surface area contributed by atoms with Crippen molar-refractivity contribution in [3.63, 3.8) is 0 Å². The summed E-state index contributed by atoms with van der Waals surface area (Å²) >= 11 is -1.07. The van der Waals surface area contributed by atoms with Gasteiger partial charge in [-0.1, -0.05) is 18.2 Å². The average Bonchev–Trinajstić information content (AvgIpc) is 2.30. The number of benzene rings is 2. The first-order valence-corrected chi connectivity index (χ1v) is 5.46. The van der Waals surface area contributed by atoms with Crippen molar-refractivity contribution in [2.45, 2.75) is 9.79 Å². The van der Waals surface area contributed by atoms with E-state index >= 15 is 0 Å². The van der Waals surface area contributed by atoms with Gasteiger partial charge in [-0.15, -0.1) is 0 Å². The van der Waals surface area contributed by atoms with Gasteiger partial charge in [0.05, 0.1) is 0 Å². The lowest BCUT2D eigenvalue weighted by Crippen LogP contribution is -2.00. The molecule has 0 spiro atoms. The van der Waals surface area contributed by atoms with E-state index in [1.807, 2.05) is 42.5 Å². The van der Waals surface area contributed by atoms with E-state index in [1.165, 1.54) is 0 Å². The van der Waals surface area contributed by atoms with Crippen molar-refractivity contribution in [2.24, 2.45) is 0 Å². The Bertz CT molecular complexity index is 346. The standard InChI is InChI=1S/C12H9OS/c13-14(11-7-3-1-4-8-11)12-9-5-2-6-10-12/h1,3-10H. The van der Waals surface area contributed by atoms with Crippen LogP contribution in [0.5, 0.6) is 0 Å². The van der Waals surface area contributed by atoms with Gasteiger partial charge in [-0.2, -0.15) is 0 Å². The van der Waals surface area contributed by atoms with Crippen LogP contribution in [0.4, 0.5) is 0 Å². The molecule has 0 heterocycles. The lowest BCUT2D eigenvalue weighted by Gasteiger charge is -2.08. The Morgan fingerprint density at radius 1 is 0.857 bits per heavy atom. The molecule has 69 valence electrons. The van der Waals surface area contributed by atoms with Gasteiger partial charge < -0.3 is 4.55 Å². The Balaban J connectivity index is 2.30. The van der Waals surface area contributed by atoms with Crippen LogP contribution in [0.25, 0.3) is 0 Å². The van der Waals surface area contributed by atoms with Crippen LogP contribution in [0.1, 0.15) is 0 Å². The highest BCUT2D eigenvalue weighted by atomic mass is 32.2. The molecule has 0 aliphatic carbocycles. The Morgan fingerprint density at radius 2 is 1.43 bits per heavy atom. The number of hydrogen-bond donors (Lipinski definition) is 0. The van der Waals surface area contributed by atoms with Gasteiger partial charge >= 0.3 is 0 Å². The topological polar surface area (TPSA) is 23.1 Å². The lowest BCUT2D eigenvalue weighted by atomic mass is 10.4. The largest absolute Gasteiger partial charge is 0.606 e. The van der Waals surface area contributed by atoms with E-state index in [0.29, 0.717) is 0 Å². The first-order chi connectivity index (χ1) is 6.88. The molecular formula is C12H9OS. The van der Waals surface area contributed by atoms with Gasteiger partial charge in [-0.05, 0) is 42.5 Å². The maximum Gasteiger partial charge on any atom is 0.158 e. The summed E-state index contributed by atoms with van der Waals surface area (Å²) in [5, 5.41) is 0. The molecule has 0 amide bonds. The highest BCUT2D eigenvalue weighted by Crippen LogP contribution is 2.19. The molecule has 14 heavy (non-hydrogen) atoms. The summed E-state index contributed by atoms with van der Waals surface area (Å²) in [6.07, 6.45) is 0. The predicted molar refractivity (Wildman–Crippen MR) is 56.4 cm³/mol. The number of hydrogen-bond acceptors (Lipinski definition) is 1. The smallest absolute Gasteiger partial charge is 0.158 e. The summed E-state index contributed by atoms with van der Waals surface area (Å²) in [6.45, 7) is 0. The fraction of sp³-hybridized carbons (Fsp3) is 0. The van der Waals surface area contributed by atoms with E-state index in [4.69, 9.17) is 0 Å². The van der Waals surface area contributed by atoms with E-state index in [0.717, 1.165) is 9.79 Å². The van der Waals surface area contributed by atoms with Gasteiger partial charge in [-0.3, -0.25) is 0 Å². The SMILES string of the molecule is [O-][S+](c1cc[c]cc1)c1ccccc1. The Labute approximate surface area is 86.6 Å². The first-order valence-electron chi connectivity index (χ1n) is 4.31. The zero-order valence-electron chi connectivity index (χ0n) is 7.51. The van der Waals surface area contributed by atoms with Gasteiger partial charge in [0.2, 0.25) is 0 Å². The fourth-order valence-corrected chi connectivity index (χ4v) is 2.24. The summed E-state index contributed by atoms with van der Waals surface area (Å²) in [5.41, 5.74) is 0. The second-order valence-electron chi connectivity index (χ2n) is 2.82. The molecule has 2 heteroatoms. The van der Waals surface area contributed by atoms with E-state index < -0.39 is 11.2 Å². The molecule has 0 saturated heterocycles. The molecule has 1 radical (unpaired) electrons. The summed E-state index contributed by atoms with van der Waals surface area (Å²) in [4.78, 5) is 1.65. The summed E-state index contributed by atoms with van der Waals surface area (Å²) < 4.78 is 11.9. The quantitative estimate of drug-likeness (QED) is 0.685. The van der Waals surface area contributed by atoms with Crippen LogP contribution in [0, 0.1) is 6.07 Å². The van der Waals surface area contributed by atoms with Gasteiger partial charge in [0.25, 0.3) is 0 Å². The van der Waals surface area contributed by atoms with Crippen LogP contribution >= 0.6 is 0 Å². The van der Waals surface area contributed by atoms with Crippen molar-refractivity contribution in [2.75, 3.05) is 0 Å². The van der Waals surface area contributed by atoms with E-state index in [-0.39, 0.29) is 0 Å². The molecule has 1 unspecified atom stereocenters. The van der Waals surface area contributed by atoms with Crippen molar-refractivity contribution in [1.82, 2.24) is 0 Å². The molecule has 0 aromatic heterocycles. The van der Waals surface area contributed by atoms with Crippen molar-refractivity contribution in [1.29, 1.82) is 0 Å². The van der Waals surface area contributed by atoms with Crippen LogP contribution < -0.4 is 0 Å². The zero-order valence-corrected chi connectivity index (χ0v) is 8.33. The Hall–Kier alpha value is -1.25. The molecule has 1 atom stereocenters. The highest BCUT2D eigenvalue weighted by Gasteiger charge is 2.12. The van der Waals surface area contributed by atoms with Crippen LogP contribution in [-0.2, 0) is 11.2 Å². The van der Waals surface area contributed by atoms with E-state index in [2.05, 4.69) is 6.07 Å². The second-order valence-corrected chi connectivity index (χ2v) is 4.30. The first kappa shape index (κ1) is 9.31. The summed E-state index contributed by atoms with van der Waals surface area (Å²) in [7, 11) is 0. The summed E-state index contributed by atoms with van der Waals surface area (Å²) in [6, 6.07) is 19.5. The molecular weight excluding hydrogens is 192 g/mol. The monoisotopic (exact) mass is 201 g/mol. The normalized spacial score (nSPS) is 10.4. The van der Waals surface area contributed by atoms with E-state index in [1.54, 1.807) is 12.1 Å². The van der Waals surface area contributed by atoms with Crippen molar-refractivity contribution < 1.29 is 4.55 Å². The van der Waals surface area contributed by atoms with Crippen molar-refractivity contribution >= 4 is 11.2 Å². The fourth-order valence-electron chi connectivity index (χ4n) is 1.18. The zero-order chi connectivity index (χ0) is 9.80. The minimum absolute atomic E-state index is 0.815. The molecule has 2 aromatic carbocycles. The Morgan fingerprint density at radius 3 is 2.07 bits per heavy atom. The molecule has 0 aliphatic rings. The third-order valence-corrected chi connectivity index (χ3v) is 3.26. The number of rotatable bonds is 2. The van der Waals surface area contributed by atoms with Crippen molar-refractivity contribution in [3.05, 3.63) is 60.7 Å². The van der Waals surface area contributed by atoms with Crippen LogP contribution in [0.3, 0.4) is 0 Å². The highest BCUT2D eigenvalue weighted by molar-refractivity contribution is 7.91. The molecule has 1 nitrogen and oxygen atoms in total. The molecule has 0 bridgehead atoms. The van der Waals surface area contributed by atoms with Gasteiger partial charge in [0.15, 0.2) is 9.79 Å².